The Morgan fingerprint density at radius 1 is 1.24 bits per heavy atom. The van der Waals surface area contributed by atoms with Gasteiger partial charge in [0.25, 0.3) is 0 Å². The van der Waals surface area contributed by atoms with Crippen LogP contribution in [0.25, 0.3) is 0 Å². The van der Waals surface area contributed by atoms with Crippen LogP contribution in [-0.2, 0) is 14.8 Å². The van der Waals surface area contributed by atoms with Crippen LogP contribution < -0.4 is 10.1 Å². The second-order valence-corrected chi connectivity index (χ2v) is 9.81. The van der Waals surface area contributed by atoms with Gasteiger partial charge in [-0.3, -0.25) is 4.79 Å². The Labute approximate surface area is 176 Å². The third-order valence-corrected chi connectivity index (χ3v) is 7.78. The van der Waals surface area contributed by atoms with Crippen molar-refractivity contribution < 1.29 is 17.9 Å². The van der Waals surface area contributed by atoms with Gasteiger partial charge in [-0.25, -0.2) is 8.42 Å². The molecule has 1 aliphatic heterocycles. The quantitative estimate of drug-likeness (QED) is 0.701. The summed E-state index contributed by atoms with van der Waals surface area (Å²) < 4.78 is 32.9. The van der Waals surface area contributed by atoms with Crippen molar-refractivity contribution in [3.63, 3.8) is 0 Å². The Bertz CT molecular complexity index is 992. The van der Waals surface area contributed by atoms with Crippen molar-refractivity contribution in [2.45, 2.75) is 29.6 Å². The van der Waals surface area contributed by atoms with Crippen LogP contribution in [0.1, 0.15) is 18.4 Å². The normalized spacial score (nSPS) is 17.7. The van der Waals surface area contributed by atoms with Crippen molar-refractivity contribution in [2.75, 3.05) is 31.8 Å². The fraction of sp³-hybridized carbons (Fsp3) is 0.381. The highest BCUT2D eigenvalue weighted by Gasteiger charge is 2.33. The first kappa shape index (κ1) is 21.7. The van der Waals surface area contributed by atoms with E-state index in [-0.39, 0.29) is 23.3 Å². The van der Waals surface area contributed by atoms with Crippen molar-refractivity contribution in [3.8, 4) is 5.75 Å². The van der Waals surface area contributed by atoms with E-state index in [9.17, 15) is 13.2 Å². The van der Waals surface area contributed by atoms with Gasteiger partial charge in [0.05, 0.1) is 23.6 Å². The average Bonchev–Trinajstić information content (AvgIpc) is 2.74. The van der Waals surface area contributed by atoms with Crippen molar-refractivity contribution in [3.05, 3.63) is 48.0 Å². The number of amides is 1. The molecule has 1 atom stereocenters. The number of rotatable bonds is 6. The van der Waals surface area contributed by atoms with Crippen molar-refractivity contribution in [2.24, 2.45) is 5.92 Å². The molecule has 1 heterocycles. The summed E-state index contributed by atoms with van der Waals surface area (Å²) in [6, 6.07) is 12.4. The highest BCUT2D eigenvalue weighted by molar-refractivity contribution is 7.98. The highest BCUT2D eigenvalue weighted by Crippen LogP contribution is 2.29. The molecule has 6 nitrogen and oxygen atoms in total. The molecule has 156 valence electrons. The number of nitrogens with one attached hydrogen (secondary N) is 1. The minimum absolute atomic E-state index is 0.141. The van der Waals surface area contributed by atoms with Crippen molar-refractivity contribution in [1.29, 1.82) is 0 Å². The number of benzene rings is 2. The molecule has 1 amide bonds. The molecule has 1 fully saturated rings. The summed E-state index contributed by atoms with van der Waals surface area (Å²) in [4.78, 5) is 14.0. The lowest BCUT2D eigenvalue weighted by atomic mass is 9.99. The van der Waals surface area contributed by atoms with E-state index in [4.69, 9.17) is 4.74 Å². The summed E-state index contributed by atoms with van der Waals surface area (Å²) in [7, 11) is -2.11. The maximum absolute atomic E-state index is 13.1. The molecule has 1 saturated heterocycles. The van der Waals surface area contributed by atoms with Crippen LogP contribution in [0.2, 0.25) is 0 Å². The van der Waals surface area contributed by atoms with Crippen molar-refractivity contribution >= 4 is 33.4 Å². The molecule has 0 unspecified atom stereocenters. The first-order chi connectivity index (χ1) is 13.9. The fourth-order valence-electron chi connectivity index (χ4n) is 3.52. The highest BCUT2D eigenvalue weighted by atomic mass is 32.2. The molecular formula is C21H26N2O4S2. The predicted octanol–water partition coefficient (Wildman–Crippen LogP) is 3.76. The van der Waals surface area contributed by atoms with E-state index in [1.807, 2.05) is 37.4 Å². The SMILES string of the molecule is COc1ccc(S(=O)(=O)N2CCC[C@H](C(=O)Nc3ccccc3SC)C2)cc1C. The van der Waals surface area contributed by atoms with E-state index in [0.29, 0.717) is 25.1 Å². The van der Waals surface area contributed by atoms with Gasteiger partial charge in [-0.15, -0.1) is 11.8 Å². The number of carbonyl (C=O) groups is 1. The van der Waals surface area contributed by atoms with Crippen LogP contribution >= 0.6 is 11.8 Å². The smallest absolute Gasteiger partial charge is 0.243 e. The first-order valence-electron chi connectivity index (χ1n) is 9.45. The van der Waals surface area contributed by atoms with Gasteiger partial charge in [0.15, 0.2) is 0 Å². The Morgan fingerprint density at radius 2 is 2.00 bits per heavy atom. The molecule has 3 rings (SSSR count). The Hall–Kier alpha value is -2.03. The number of ether oxygens (including phenoxy) is 1. The number of para-hydroxylation sites is 1. The maximum Gasteiger partial charge on any atom is 0.243 e. The van der Waals surface area contributed by atoms with Crippen molar-refractivity contribution in [1.82, 2.24) is 4.31 Å². The fourth-order valence-corrected chi connectivity index (χ4v) is 5.68. The van der Waals surface area contributed by atoms with E-state index < -0.39 is 10.0 Å². The average molecular weight is 435 g/mol. The summed E-state index contributed by atoms with van der Waals surface area (Å²) in [6.45, 7) is 2.41. The van der Waals surface area contributed by atoms with Gasteiger partial charge in [-0.2, -0.15) is 4.31 Å². The minimum Gasteiger partial charge on any atom is -0.496 e. The zero-order valence-corrected chi connectivity index (χ0v) is 18.5. The Morgan fingerprint density at radius 3 is 2.69 bits per heavy atom. The van der Waals surface area contributed by atoms with E-state index in [1.165, 1.54) is 4.31 Å². The zero-order valence-electron chi connectivity index (χ0n) is 16.8. The van der Waals surface area contributed by atoms with E-state index in [0.717, 1.165) is 16.1 Å². The monoisotopic (exact) mass is 434 g/mol. The molecule has 8 heteroatoms. The predicted molar refractivity (Wildman–Crippen MR) is 116 cm³/mol. The number of aryl methyl sites for hydroxylation is 1. The van der Waals surface area contributed by atoms with Gasteiger partial charge in [0, 0.05) is 18.0 Å². The van der Waals surface area contributed by atoms with Gasteiger partial charge >= 0.3 is 0 Å². The van der Waals surface area contributed by atoms with Crippen LogP contribution in [-0.4, -0.2) is 45.1 Å². The lowest BCUT2D eigenvalue weighted by Crippen LogP contribution is -2.43. The zero-order chi connectivity index (χ0) is 21.0. The number of anilines is 1. The molecule has 0 aromatic heterocycles. The molecule has 0 bridgehead atoms. The van der Waals surface area contributed by atoms with Crippen LogP contribution in [0.15, 0.2) is 52.3 Å². The maximum atomic E-state index is 13.1. The molecule has 29 heavy (non-hydrogen) atoms. The number of sulfonamides is 1. The Kier molecular flexibility index (Phi) is 6.87. The molecule has 1 aliphatic rings. The molecule has 0 aliphatic carbocycles. The number of methoxy groups -OCH3 is 1. The summed E-state index contributed by atoms with van der Waals surface area (Å²) in [6.07, 6.45) is 3.27. The van der Waals surface area contributed by atoms with Crippen LogP contribution in [0.3, 0.4) is 0 Å². The molecule has 0 spiro atoms. The summed E-state index contributed by atoms with van der Waals surface area (Å²) in [5.74, 6) is 0.123. The summed E-state index contributed by atoms with van der Waals surface area (Å²) >= 11 is 1.56. The van der Waals surface area contributed by atoms with Gasteiger partial charge < -0.3 is 10.1 Å². The number of nitrogens with zero attached hydrogens (tertiary/aromatic N) is 1. The summed E-state index contributed by atoms with van der Waals surface area (Å²) in [5, 5.41) is 2.97. The molecule has 1 N–H and O–H groups in total. The Balaban J connectivity index is 1.76. The molecule has 0 radical (unpaired) electrons. The topological polar surface area (TPSA) is 75.7 Å². The number of hydrogen-bond donors (Lipinski definition) is 1. The third-order valence-electron chi connectivity index (χ3n) is 5.12. The van der Waals surface area contributed by atoms with Crippen LogP contribution in [0.4, 0.5) is 5.69 Å². The molecular weight excluding hydrogens is 408 g/mol. The van der Waals surface area contributed by atoms with E-state index >= 15 is 0 Å². The van der Waals surface area contributed by atoms with Gasteiger partial charge in [-0.05, 0) is 61.9 Å². The minimum atomic E-state index is -3.67. The number of piperidine rings is 1. The largest absolute Gasteiger partial charge is 0.496 e. The lowest BCUT2D eigenvalue weighted by molar-refractivity contribution is -0.120. The number of carbonyl (C=O) groups excluding carboxylic acids is 1. The standard InChI is InChI=1S/C21H26N2O4S2/c1-15-13-17(10-11-19(15)27-2)29(25,26)23-12-6-7-16(14-23)21(24)22-18-8-4-5-9-20(18)28-3/h4-5,8-11,13,16H,6-7,12,14H2,1-3H3,(H,22,24)/t16-/m0/s1. The lowest BCUT2D eigenvalue weighted by Gasteiger charge is -2.31. The number of thioether (sulfide) groups is 1. The second kappa shape index (κ2) is 9.19. The molecule has 2 aromatic carbocycles. The van der Waals surface area contributed by atoms with Gasteiger partial charge in [-0.1, -0.05) is 12.1 Å². The first-order valence-corrected chi connectivity index (χ1v) is 12.1. The van der Waals surface area contributed by atoms with Gasteiger partial charge in [0.1, 0.15) is 5.75 Å². The van der Waals surface area contributed by atoms with Gasteiger partial charge in [0.2, 0.25) is 15.9 Å². The third kappa shape index (κ3) is 4.76. The van der Waals surface area contributed by atoms with E-state index in [2.05, 4.69) is 5.32 Å². The van der Waals surface area contributed by atoms with Crippen LogP contribution in [0, 0.1) is 12.8 Å². The van der Waals surface area contributed by atoms with Crippen LogP contribution in [0.5, 0.6) is 5.75 Å². The van der Waals surface area contributed by atoms with E-state index in [1.54, 1.807) is 37.1 Å². The number of hydrogen-bond acceptors (Lipinski definition) is 5. The molecule has 0 saturated carbocycles. The molecule has 2 aromatic rings. The second-order valence-electron chi connectivity index (χ2n) is 7.02. The summed E-state index contributed by atoms with van der Waals surface area (Å²) in [5.41, 5.74) is 1.52.